The van der Waals surface area contributed by atoms with Crippen molar-refractivity contribution in [2.24, 2.45) is 0 Å². The molecule has 1 atom stereocenters. The Labute approximate surface area is 194 Å². The quantitative estimate of drug-likeness (QED) is 0.766. The first-order valence-corrected chi connectivity index (χ1v) is 12.3. The Kier molecular flexibility index (Phi) is 5.16. The molecule has 1 spiro atoms. The first kappa shape index (κ1) is 20.5. The molecule has 2 fully saturated rings. The van der Waals surface area contributed by atoms with Crippen molar-refractivity contribution in [3.63, 3.8) is 0 Å². The van der Waals surface area contributed by atoms with E-state index in [9.17, 15) is 4.79 Å². The van der Waals surface area contributed by atoms with Crippen molar-refractivity contribution in [2.45, 2.75) is 50.2 Å². The van der Waals surface area contributed by atoms with Crippen molar-refractivity contribution in [2.75, 3.05) is 32.8 Å². The molecular formula is C26H30ClN3O2. The van der Waals surface area contributed by atoms with E-state index in [1.807, 2.05) is 4.90 Å². The van der Waals surface area contributed by atoms with Crippen LogP contribution in [0.4, 0.5) is 0 Å². The van der Waals surface area contributed by atoms with Crippen LogP contribution in [0.15, 0.2) is 36.4 Å². The first-order chi connectivity index (χ1) is 15.6. The minimum absolute atomic E-state index is 0.0179. The van der Waals surface area contributed by atoms with Crippen molar-refractivity contribution >= 4 is 17.5 Å². The van der Waals surface area contributed by atoms with Crippen LogP contribution in [0, 0.1) is 0 Å². The third kappa shape index (κ3) is 3.33. The number of rotatable bonds is 3. The number of benzene rings is 2. The Hall–Kier alpha value is -2.08. The average Bonchev–Trinajstić information content (AvgIpc) is 3.36. The lowest BCUT2D eigenvalue weighted by atomic mass is 9.74. The number of nitrogens with zero attached hydrogens (tertiary/aromatic N) is 2. The summed E-state index contributed by atoms with van der Waals surface area (Å²) in [7, 11) is 0. The highest BCUT2D eigenvalue weighted by molar-refractivity contribution is 6.34. The normalized spacial score (nSPS) is 24.5. The fourth-order valence-corrected chi connectivity index (χ4v) is 6.39. The molecule has 4 aliphatic rings. The third-order valence-corrected chi connectivity index (χ3v) is 8.27. The zero-order chi connectivity index (χ0) is 21.7. The summed E-state index contributed by atoms with van der Waals surface area (Å²) in [5, 5.41) is 4.03. The molecule has 2 saturated heterocycles. The SMILES string of the molecule is O=C1c2c(Cl)cc3c(c2CN1[C@H]1CCCNC1)OCC31CCN(Cc2ccccc2)CC1. The van der Waals surface area contributed by atoms with Gasteiger partial charge in [-0.3, -0.25) is 9.69 Å². The van der Waals surface area contributed by atoms with Crippen LogP contribution in [0.25, 0.3) is 0 Å². The number of amides is 1. The maximum absolute atomic E-state index is 13.3. The lowest BCUT2D eigenvalue weighted by molar-refractivity contribution is 0.0674. The van der Waals surface area contributed by atoms with E-state index in [1.54, 1.807) is 0 Å². The van der Waals surface area contributed by atoms with Gasteiger partial charge < -0.3 is 15.0 Å². The topological polar surface area (TPSA) is 44.8 Å². The van der Waals surface area contributed by atoms with Crippen molar-refractivity contribution in [1.82, 2.24) is 15.1 Å². The standard InChI is InChI=1S/C26H30ClN3O2/c27-22-13-21-24(20-16-30(25(31)23(20)22)19-7-4-10-28-14-19)32-17-26(21)8-11-29(12-9-26)15-18-5-2-1-3-6-18/h1-3,5-6,13,19,28H,4,7-12,14-17H2/t19-/m0/s1. The number of carbonyl (C=O) groups is 1. The number of piperidine rings is 2. The van der Waals surface area contributed by atoms with Crippen LogP contribution < -0.4 is 10.1 Å². The lowest BCUT2D eigenvalue weighted by Crippen LogP contribution is -2.46. The van der Waals surface area contributed by atoms with Gasteiger partial charge in [-0.25, -0.2) is 0 Å². The number of likely N-dealkylation sites (tertiary alicyclic amines) is 1. The van der Waals surface area contributed by atoms with E-state index in [1.165, 1.54) is 11.1 Å². The molecule has 168 valence electrons. The molecular weight excluding hydrogens is 422 g/mol. The molecule has 0 bridgehead atoms. The predicted octanol–water partition coefficient (Wildman–Crippen LogP) is 3.97. The van der Waals surface area contributed by atoms with Gasteiger partial charge in [-0.1, -0.05) is 41.9 Å². The molecule has 4 heterocycles. The van der Waals surface area contributed by atoms with Gasteiger partial charge in [0.05, 0.1) is 23.7 Å². The minimum atomic E-state index is 0.0179. The molecule has 4 aliphatic heterocycles. The van der Waals surface area contributed by atoms with Gasteiger partial charge in [0.15, 0.2) is 0 Å². The van der Waals surface area contributed by atoms with E-state index in [-0.39, 0.29) is 17.4 Å². The van der Waals surface area contributed by atoms with Crippen LogP contribution in [0.3, 0.4) is 0 Å². The first-order valence-electron chi connectivity index (χ1n) is 11.9. The molecule has 0 saturated carbocycles. The second-order valence-electron chi connectivity index (χ2n) is 9.85. The maximum atomic E-state index is 13.3. The molecule has 5 nitrogen and oxygen atoms in total. The van der Waals surface area contributed by atoms with E-state index in [0.29, 0.717) is 23.7 Å². The van der Waals surface area contributed by atoms with E-state index < -0.39 is 0 Å². The van der Waals surface area contributed by atoms with Gasteiger partial charge in [-0.2, -0.15) is 0 Å². The van der Waals surface area contributed by atoms with Crippen molar-refractivity contribution in [1.29, 1.82) is 0 Å². The van der Waals surface area contributed by atoms with Crippen LogP contribution in [-0.2, 0) is 18.5 Å². The van der Waals surface area contributed by atoms with Crippen LogP contribution >= 0.6 is 11.6 Å². The van der Waals surface area contributed by atoms with Gasteiger partial charge in [0, 0.05) is 35.7 Å². The largest absolute Gasteiger partial charge is 0.492 e. The number of hydrogen-bond acceptors (Lipinski definition) is 4. The van der Waals surface area contributed by atoms with E-state index in [2.05, 4.69) is 46.6 Å². The Bertz CT molecular complexity index is 1030. The molecule has 0 aromatic heterocycles. The minimum Gasteiger partial charge on any atom is -0.492 e. The molecule has 1 amide bonds. The molecule has 6 heteroatoms. The summed E-state index contributed by atoms with van der Waals surface area (Å²) in [6, 6.07) is 13.0. The summed E-state index contributed by atoms with van der Waals surface area (Å²) in [6.07, 6.45) is 4.28. The number of carbonyl (C=O) groups excluding carboxylic acids is 1. The van der Waals surface area contributed by atoms with Gasteiger partial charge in [-0.05, 0) is 56.9 Å². The Balaban J connectivity index is 1.24. The molecule has 0 radical (unpaired) electrons. The monoisotopic (exact) mass is 451 g/mol. The highest BCUT2D eigenvalue weighted by atomic mass is 35.5. The summed E-state index contributed by atoms with van der Waals surface area (Å²) in [5.41, 5.74) is 4.31. The smallest absolute Gasteiger partial charge is 0.256 e. The van der Waals surface area contributed by atoms with Crippen LogP contribution in [0.1, 0.15) is 52.7 Å². The Morgan fingerprint density at radius 1 is 1.19 bits per heavy atom. The number of ether oxygens (including phenoxy) is 1. The van der Waals surface area contributed by atoms with Crippen LogP contribution in [0.5, 0.6) is 5.75 Å². The number of nitrogens with one attached hydrogen (secondary N) is 1. The Morgan fingerprint density at radius 3 is 2.75 bits per heavy atom. The van der Waals surface area contributed by atoms with Gasteiger partial charge in [0.2, 0.25) is 0 Å². The van der Waals surface area contributed by atoms with Crippen molar-refractivity contribution in [3.8, 4) is 5.75 Å². The summed E-state index contributed by atoms with van der Waals surface area (Å²) >= 11 is 6.76. The summed E-state index contributed by atoms with van der Waals surface area (Å²) in [4.78, 5) is 17.8. The highest BCUT2D eigenvalue weighted by Crippen LogP contribution is 2.51. The predicted molar refractivity (Wildman–Crippen MR) is 125 cm³/mol. The number of halogens is 1. The lowest BCUT2D eigenvalue weighted by Gasteiger charge is -2.38. The molecule has 0 unspecified atom stereocenters. The molecule has 0 aliphatic carbocycles. The van der Waals surface area contributed by atoms with Crippen LogP contribution in [-0.4, -0.2) is 54.5 Å². The van der Waals surface area contributed by atoms with Crippen LogP contribution in [0.2, 0.25) is 5.02 Å². The number of hydrogen-bond donors (Lipinski definition) is 1. The van der Waals surface area contributed by atoms with Gasteiger partial charge in [0.25, 0.3) is 5.91 Å². The summed E-state index contributed by atoms with van der Waals surface area (Å²) in [5.74, 6) is 1.02. The zero-order valence-electron chi connectivity index (χ0n) is 18.4. The van der Waals surface area contributed by atoms with Crippen molar-refractivity contribution < 1.29 is 9.53 Å². The third-order valence-electron chi connectivity index (χ3n) is 7.97. The van der Waals surface area contributed by atoms with E-state index >= 15 is 0 Å². The molecule has 1 N–H and O–H groups in total. The summed E-state index contributed by atoms with van der Waals surface area (Å²) < 4.78 is 6.36. The zero-order valence-corrected chi connectivity index (χ0v) is 19.2. The number of fused-ring (bicyclic) bond motifs is 4. The molecule has 32 heavy (non-hydrogen) atoms. The van der Waals surface area contributed by atoms with Crippen molar-refractivity contribution in [3.05, 3.63) is 63.7 Å². The Morgan fingerprint density at radius 2 is 2.00 bits per heavy atom. The van der Waals surface area contributed by atoms with E-state index in [0.717, 1.165) is 69.7 Å². The van der Waals surface area contributed by atoms with E-state index in [4.69, 9.17) is 16.3 Å². The fraction of sp³-hybridized carbons (Fsp3) is 0.500. The molecule has 2 aromatic rings. The molecule has 6 rings (SSSR count). The fourth-order valence-electron chi connectivity index (χ4n) is 6.09. The molecule has 2 aromatic carbocycles. The highest BCUT2D eigenvalue weighted by Gasteiger charge is 2.47. The van der Waals surface area contributed by atoms with Gasteiger partial charge >= 0.3 is 0 Å². The maximum Gasteiger partial charge on any atom is 0.256 e. The van der Waals surface area contributed by atoms with Gasteiger partial charge in [0.1, 0.15) is 5.75 Å². The summed E-state index contributed by atoms with van der Waals surface area (Å²) in [6.45, 7) is 6.31. The second-order valence-corrected chi connectivity index (χ2v) is 10.3. The van der Waals surface area contributed by atoms with Gasteiger partial charge in [-0.15, -0.1) is 0 Å². The second kappa shape index (κ2) is 8.05. The average molecular weight is 452 g/mol.